The Kier molecular flexibility index (Phi) is 4.48. The lowest BCUT2D eigenvalue weighted by atomic mass is 10.1. The highest BCUT2D eigenvalue weighted by Gasteiger charge is 2.23. The van der Waals surface area contributed by atoms with Crippen LogP contribution < -0.4 is 5.32 Å². The monoisotopic (exact) mass is 341 g/mol. The Morgan fingerprint density at radius 1 is 1.37 bits per heavy atom. The molecule has 5 heteroatoms. The Morgan fingerprint density at radius 2 is 2.05 bits per heavy atom. The van der Waals surface area contributed by atoms with Crippen LogP contribution in [0.25, 0.3) is 0 Å². The second-order valence-electron chi connectivity index (χ2n) is 5.03. The van der Waals surface area contributed by atoms with E-state index in [0.29, 0.717) is 6.04 Å². The number of aryl methyl sites for hydroxylation is 2. The largest absolute Gasteiger partial charge is 0.307 e. The fourth-order valence-corrected chi connectivity index (χ4v) is 3.85. The first-order valence-corrected chi connectivity index (χ1v) is 8.03. The molecule has 0 amide bonds. The minimum atomic E-state index is 0.177. The van der Waals surface area contributed by atoms with Crippen molar-refractivity contribution in [2.75, 3.05) is 7.05 Å². The second-order valence-corrected chi connectivity index (χ2v) is 7.17. The van der Waals surface area contributed by atoms with E-state index >= 15 is 0 Å². The lowest BCUT2D eigenvalue weighted by Gasteiger charge is -2.19. The molecular weight excluding hydrogens is 322 g/mol. The third-order valence-corrected chi connectivity index (χ3v) is 5.14. The van der Waals surface area contributed by atoms with Gasteiger partial charge in [-0.05, 0) is 62.3 Å². The minimum absolute atomic E-state index is 0.177. The molecule has 1 atom stereocenters. The van der Waals surface area contributed by atoms with Crippen molar-refractivity contribution < 1.29 is 0 Å². The van der Waals surface area contributed by atoms with Crippen molar-refractivity contribution in [3.63, 3.8) is 0 Å². The minimum Gasteiger partial charge on any atom is -0.307 e. The summed E-state index contributed by atoms with van der Waals surface area (Å²) in [5.41, 5.74) is 2.55. The van der Waals surface area contributed by atoms with E-state index in [-0.39, 0.29) is 6.04 Å². The number of rotatable bonds is 4. The van der Waals surface area contributed by atoms with Crippen LogP contribution in [0.4, 0.5) is 0 Å². The third kappa shape index (κ3) is 2.78. The SMILES string of the molecule is CNC(c1cc(C)c(C)s1)c1c(Br)cnn1C(C)C. The lowest BCUT2D eigenvalue weighted by Crippen LogP contribution is -2.22. The topological polar surface area (TPSA) is 29.9 Å². The standard InChI is InChI=1S/C14H20BrN3S/c1-8(2)18-14(11(15)7-17-18)13(16-5)12-6-9(3)10(4)19-12/h6-8,13,16H,1-5H3. The lowest BCUT2D eigenvalue weighted by molar-refractivity contribution is 0.485. The van der Waals surface area contributed by atoms with E-state index < -0.39 is 0 Å². The summed E-state index contributed by atoms with van der Waals surface area (Å²) in [7, 11) is 2.00. The van der Waals surface area contributed by atoms with Gasteiger partial charge in [0.1, 0.15) is 0 Å². The van der Waals surface area contributed by atoms with Crippen LogP contribution in [-0.4, -0.2) is 16.8 Å². The molecule has 0 spiro atoms. The molecule has 0 saturated carbocycles. The summed E-state index contributed by atoms with van der Waals surface area (Å²) in [6, 6.07) is 2.79. The molecule has 2 heterocycles. The molecular formula is C14H20BrN3S. The average molecular weight is 342 g/mol. The second kappa shape index (κ2) is 5.77. The zero-order valence-corrected chi connectivity index (χ0v) is 14.4. The first-order valence-electron chi connectivity index (χ1n) is 6.42. The van der Waals surface area contributed by atoms with Crippen LogP contribution in [0.5, 0.6) is 0 Å². The van der Waals surface area contributed by atoms with Crippen molar-refractivity contribution in [3.8, 4) is 0 Å². The molecule has 2 rings (SSSR count). The van der Waals surface area contributed by atoms with Crippen molar-refractivity contribution in [3.05, 3.63) is 37.7 Å². The van der Waals surface area contributed by atoms with Crippen LogP contribution in [0.1, 0.15) is 46.9 Å². The number of hydrogen-bond donors (Lipinski definition) is 1. The van der Waals surface area contributed by atoms with Gasteiger partial charge in [-0.25, -0.2) is 0 Å². The van der Waals surface area contributed by atoms with Gasteiger partial charge in [0.25, 0.3) is 0 Å². The highest BCUT2D eigenvalue weighted by Crippen LogP contribution is 2.34. The summed E-state index contributed by atoms with van der Waals surface area (Å²) in [6.45, 7) is 8.64. The van der Waals surface area contributed by atoms with E-state index in [0.717, 1.165) is 4.47 Å². The Balaban J connectivity index is 2.50. The van der Waals surface area contributed by atoms with Gasteiger partial charge in [-0.2, -0.15) is 5.10 Å². The smallest absolute Gasteiger partial charge is 0.0851 e. The highest BCUT2D eigenvalue weighted by molar-refractivity contribution is 9.10. The number of nitrogens with one attached hydrogen (secondary N) is 1. The summed E-state index contributed by atoms with van der Waals surface area (Å²) in [4.78, 5) is 2.71. The van der Waals surface area contributed by atoms with Crippen LogP contribution in [-0.2, 0) is 0 Å². The molecule has 2 aromatic rings. The Hall–Kier alpha value is -0.650. The highest BCUT2D eigenvalue weighted by atomic mass is 79.9. The van der Waals surface area contributed by atoms with Gasteiger partial charge in [-0.15, -0.1) is 11.3 Å². The fourth-order valence-electron chi connectivity index (χ4n) is 2.19. The number of thiophene rings is 1. The molecule has 104 valence electrons. The van der Waals surface area contributed by atoms with Gasteiger partial charge in [0.2, 0.25) is 0 Å². The fraction of sp³-hybridized carbons (Fsp3) is 0.500. The van der Waals surface area contributed by atoms with Gasteiger partial charge in [-0.3, -0.25) is 4.68 Å². The summed E-state index contributed by atoms with van der Waals surface area (Å²) in [5.74, 6) is 0. The zero-order chi connectivity index (χ0) is 14.2. The van der Waals surface area contributed by atoms with Gasteiger partial charge < -0.3 is 5.32 Å². The maximum atomic E-state index is 4.47. The molecule has 2 aromatic heterocycles. The van der Waals surface area contributed by atoms with E-state index in [9.17, 15) is 0 Å². The average Bonchev–Trinajstić information content (AvgIpc) is 2.86. The summed E-state index contributed by atoms with van der Waals surface area (Å²) in [5, 5.41) is 7.89. The third-order valence-electron chi connectivity index (χ3n) is 3.31. The number of aromatic nitrogens is 2. The Morgan fingerprint density at radius 3 is 2.53 bits per heavy atom. The molecule has 0 radical (unpaired) electrons. The van der Waals surface area contributed by atoms with Gasteiger partial charge in [0, 0.05) is 15.8 Å². The number of nitrogens with zero attached hydrogens (tertiary/aromatic N) is 2. The normalized spacial score (nSPS) is 13.2. The molecule has 0 fully saturated rings. The van der Waals surface area contributed by atoms with Gasteiger partial charge in [0.15, 0.2) is 0 Å². The van der Waals surface area contributed by atoms with Crippen LogP contribution in [0.15, 0.2) is 16.7 Å². The Bertz CT molecular complexity index is 552. The van der Waals surface area contributed by atoms with Crippen LogP contribution >= 0.6 is 27.3 Å². The Labute approximate surface area is 127 Å². The predicted molar refractivity (Wildman–Crippen MR) is 85.0 cm³/mol. The van der Waals surface area contributed by atoms with E-state index in [1.807, 2.05) is 24.6 Å². The molecule has 0 bridgehead atoms. The summed E-state index contributed by atoms with van der Waals surface area (Å²) >= 11 is 5.48. The maximum absolute atomic E-state index is 4.47. The van der Waals surface area contributed by atoms with E-state index in [2.05, 4.69) is 64.8 Å². The van der Waals surface area contributed by atoms with Crippen molar-refractivity contribution in [1.29, 1.82) is 0 Å². The molecule has 1 unspecified atom stereocenters. The zero-order valence-electron chi connectivity index (χ0n) is 12.0. The first-order chi connectivity index (χ1) is 8.95. The van der Waals surface area contributed by atoms with Gasteiger partial charge in [0.05, 0.1) is 22.4 Å². The van der Waals surface area contributed by atoms with Crippen molar-refractivity contribution >= 4 is 27.3 Å². The van der Waals surface area contributed by atoms with Crippen LogP contribution in [0.3, 0.4) is 0 Å². The van der Waals surface area contributed by atoms with Gasteiger partial charge >= 0.3 is 0 Å². The molecule has 0 aliphatic rings. The number of halogens is 1. The molecule has 0 aliphatic heterocycles. The molecule has 3 nitrogen and oxygen atoms in total. The first kappa shape index (κ1) is 14.8. The maximum Gasteiger partial charge on any atom is 0.0851 e. The van der Waals surface area contributed by atoms with Crippen LogP contribution in [0.2, 0.25) is 0 Å². The van der Waals surface area contributed by atoms with Crippen molar-refractivity contribution in [2.24, 2.45) is 0 Å². The number of hydrogen-bond acceptors (Lipinski definition) is 3. The molecule has 0 aliphatic carbocycles. The summed E-state index contributed by atoms with van der Waals surface area (Å²) in [6.07, 6.45) is 1.88. The van der Waals surface area contributed by atoms with E-state index in [1.165, 1.54) is 21.0 Å². The molecule has 0 aromatic carbocycles. The molecule has 1 N–H and O–H groups in total. The molecule has 0 saturated heterocycles. The molecule has 19 heavy (non-hydrogen) atoms. The van der Waals surface area contributed by atoms with E-state index in [1.54, 1.807) is 0 Å². The quantitative estimate of drug-likeness (QED) is 0.902. The van der Waals surface area contributed by atoms with Gasteiger partial charge in [-0.1, -0.05) is 0 Å². The summed E-state index contributed by atoms with van der Waals surface area (Å²) < 4.78 is 3.14. The van der Waals surface area contributed by atoms with E-state index in [4.69, 9.17) is 0 Å². The predicted octanol–water partition coefficient (Wildman–Crippen LogP) is 4.21. The van der Waals surface area contributed by atoms with Crippen molar-refractivity contribution in [1.82, 2.24) is 15.1 Å². The van der Waals surface area contributed by atoms with Crippen molar-refractivity contribution in [2.45, 2.75) is 39.8 Å². The van der Waals surface area contributed by atoms with Crippen LogP contribution in [0, 0.1) is 13.8 Å².